The largest absolute Gasteiger partial charge is 0.491 e. The van der Waals surface area contributed by atoms with E-state index in [1.165, 1.54) is 0 Å². The number of amides is 1. The fourth-order valence-corrected chi connectivity index (χ4v) is 10.1. The molecule has 1 unspecified atom stereocenters. The Morgan fingerprint density at radius 2 is 1.74 bits per heavy atom. The number of pyridine rings is 1. The van der Waals surface area contributed by atoms with Crippen LogP contribution in [0.2, 0.25) is 5.02 Å². The van der Waals surface area contributed by atoms with Gasteiger partial charge in [0.25, 0.3) is 0 Å². The number of aryl methyl sites for hydroxylation is 1. The van der Waals surface area contributed by atoms with Gasteiger partial charge in [-0.05, 0) is 99.4 Å². The molecule has 5 aliphatic rings. The molecule has 0 radical (unpaired) electrons. The van der Waals surface area contributed by atoms with Crippen LogP contribution in [-0.4, -0.2) is 127 Å². The Kier molecular flexibility index (Phi) is 16.1. The maximum Gasteiger partial charge on any atom is 0.308 e. The van der Waals surface area contributed by atoms with E-state index in [9.17, 15) is 9.59 Å². The summed E-state index contributed by atoms with van der Waals surface area (Å²) in [5, 5.41) is 13.8. The standard InChI is InChI=1S/C48H63ClN6O11/c1-32-7-14-40-33(2)45(63-46-48(40)39(32)17-19-47(3,64-46)65-66-48)62-44(57)16-15-43(56)54(23-21-51-41-18-20-50-42-30-34(49)8-13-38(41)42)22-5-6-35-31-55(53-52-35)36-9-11-37(12-10-36)61-29-28-60-27-26-59-25-24-58-4/h8-13,18,20,30-33,39-40,45-46H,5-7,14-17,19,21-29H2,1-4H3,(H,50,51)/t32-,33-,39+,40+,45-,46-,47?,48-/m1/s1. The Morgan fingerprint density at radius 1 is 0.939 bits per heavy atom. The van der Waals surface area contributed by atoms with Crippen molar-refractivity contribution >= 4 is 40.1 Å². The molecule has 2 aromatic heterocycles. The second-order valence-corrected chi connectivity index (χ2v) is 18.3. The first-order valence-electron chi connectivity index (χ1n) is 23.3. The molecular weight excluding hydrogens is 872 g/mol. The molecule has 6 heterocycles. The molecule has 1 spiro atoms. The van der Waals surface area contributed by atoms with Crippen molar-refractivity contribution in [3.8, 4) is 11.4 Å². The van der Waals surface area contributed by atoms with Crippen LogP contribution in [0.4, 0.5) is 5.69 Å². The number of methoxy groups -OCH3 is 1. The molecule has 66 heavy (non-hydrogen) atoms. The van der Waals surface area contributed by atoms with Crippen LogP contribution in [0.5, 0.6) is 5.75 Å². The molecule has 2 bridgehead atoms. The number of benzene rings is 2. The van der Waals surface area contributed by atoms with Gasteiger partial charge in [0.05, 0.1) is 62.6 Å². The zero-order valence-corrected chi connectivity index (χ0v) is 39.1. The maximum absolute atomic E-state index is 14.0. The number of hydrogen-bond acceptors (Lipinski definition) is 15. The van der Waals surface area contributed by atoms with Crippen LogP contribution in [0.15, 0.2) is 60.9 Å². The van der Waals surface area contributed by atoms with Gasteiger partial charge in [-0.25, -0.2) is 14.5 Å². The number of hydrogen-bond donors (Lipinski definition) is 1. The van der Waals surface area contributed by atoms with Gasteiger partial charge in [-0.2, -0.15) is 0 Å². The van der Waals surface area contributed by atoms with E-state index < -0.39 is 29.9 Å². The van der Waals surface area contributed by atoms with E-state index in [0.717, 1.165) is 53.0 Å². The Hall–Kier alpha value is -4.46. The SMILES string of the molecule is COCCOCCOCCOc1ccc(-n2cc(CCCN(CCNc3ccnc4cc(Cl)ccc34)C(=O)CCC(=O)O[C@@H]3O[C@@H]4OC5(C)CC[C@H]6[C@H](C)CC[C@@H]([C@H]3C)[C@@]46OO5)nn2)cc1. The summed E-state index contributed by atoms with van der Waals surface area (Å²) in [6.45, 7) is 10.4. The molecule has 1 amide bonds. The van der Waals surface area contributed by atoms with Crippen LogP contribution in [0.3, 0.4) is 0 Å². The van der Waals surface area contributed by atoms with Crippen LogP contribution in [0, 0.1) is 23.7 Å². The van der Waals surface area contributed by atoms with Gasteiger partial charge < -0.3 is 43.4 Å². The van der Waals surface area contributed by atoms with E-state index in [1.807, 2.05) is 68.6 Å². The van der Waals surface area contributed by atoms with Crippen LogP contribution in [0.1, 0.15) is 71.4 Å². The van der Waals surface area contributed by atoms with E-state index >= 15 is 0 Å². The van der Waals surface area contributed by atoms with Crippen molar-refractivity contribution < 1.29 is 52.5 Å². The zero-order chi connectivity index (χ0) is 46.1. The van der Waals surface area contributed by atoms with Crippen molar-refractivity contribution in [3.63, 3.8) is 0 Å². The van der Waals surface area contributed by atoms with Gasteiger partial charge in [-0.1, -0.05) is 30.7 Å². The third kappa shape index (κ3) is 11.3. The van der Waals surface area contributed by atoms with Crippen LogP contribution < -0.4 is 10.1 Å². The molecule has 1 aliphatic carbocycles. The number of esters is 1. The number of anilines is 1. The second-order valence-electron chi connectivity index (χ2n) is 17.9. The summed E-state index contributed by atoms with van der Waals surface area (Å²) in [5.74, 6) is -0.423. The zero-order valence-electron chi connectivity index (χ0n) is 38.4. The van der Waals surface area contributed by atoms with Crippen molar-refractivity contribution in [2.45, 2.75) is 96.1 Å². The molecule has 8 atom stereocenters. The molecule has 1 N–H and O–H groups in total. The highest BCUT2D eigenvalue weighted by molar-refractivity contribution is 6.31. The molecule has 5 fully saturated rings. The highest BCUT2D eigenvalue weighted by atomic mass is 35.5. The first-order chi connectivity index (χ1) is 32.0. The molecule has 4 saturated heterocycles. The van der Waals surface area contributed by atoms with Crippen LogP contribution in [0.25, 0.3) is 16.6 Å². The molecule has 4 aliphatic heterocycles. The van der Waals surface area contributed by atoms with Crippen molar-refractivity contribution in [1.29, 1.82) is 0 Å². The first kappa shape index (κ1) is 48.0. The van der Waals surface area contributed by atoms with Gasteiger partial charge in [0.2, 0.25) is 18.0 Å². The summed E-state index contributed by atoms with van der Waals surface area (Å²) < 4.78 is 42.4. The van der Waals surface area contributed by atoms with Crippen molar-refractivity contribution in [1.82, 2.24) is 24.9 Å². The summed E-state index contributed by atoms with van der Waals surface area (Å²) in [7, 11) is 1.64. The number of carbonyl (C=O) groups is 2. The quantitative estimate of drug-likeness (QED) is 0.0460. The van der Waals surface area contributed by atoms with Gasteiger partial charge >= 0.3 is 5.97 Å². The topological polar surface area (TPSA) is 176 Å². The van der Waals surface area contributed by atoms with E-state index in [0.29, 0.717) is 89.5 Å². The van der Waals surface area contributed by atoms with Gasteiger partial charge in [0, 0.05) is 73.7 Å². The average molecular weight is 936 g/mol. The molecule has 18 heteroatoms. The van der Waals surface area contributed by atoms with E-state index in [4.69, 9.17) is 54.5 Å². The average Bonchev–Trinajstić information content (AvgIpc) is 3.67. The molecule has 9 rings (SSSR count). The highest BCUT2D eigenvalue weighted by Gasteiger charge is 2.69. The summed E-state index contributed by atoms with van der Waals surface area (Å²) in [6.07, 6.45) is 6.65. The number of ether oxygens (including phenoxy) is 7. The number of fused-ring (bicyclic) bond motifs is 3. The number of aromatic nitrogens is 4. The normalized spacial score (nSPS) is 26.7. The predicted molar refractivity (Wildman–Crippen MR) is 243 cm³/mol. The first-order valence-corrected chi connectivity index (χ1v) is 23.7. The van der Waals surface area contributed by atoms with Crippen LogP contribution >= 0.6 is 11.6 Å². The fourth-order valence-electron chi connectivity index (χ4n) is 9.89. The highest BCUT2D eigenvalue weighted by Crippen LogP contribution is 2.60. The van der Waals surface area contributed by atoms with Gasteiger partial charge in [0.15, 0.2) is 11.9 Å². The molecule has 358 valence electrons. The summed E-state index contributed by atoms with van der Waals surface area (Å²) in [5.41, 5.74) is 2.51. The number of nitrogens with zero attached hydrogens (tertiary/aromatic N) is 5. The molecule has 17 nitrogen and oxygen atoms in total. The van der Waals surface area contributed by atoms with Gasteiger partial charge in [-0.15, -0.1) is 5.10 Å². The molecular formula is C48H63ClN6O11. The Balaban J connectivity index is 0.844. The fraction of sp³-hybridized carbons (Fsp3) is 0.604. The lowest BCUT2D eigenvalue weighted by molar-refractivity contribution is -0.576. The van der Waals surface area contributed by atoms with Crippen molar-refractivity contribution in [3.05, 3.63) is 71.6 Å². The minimum absolute atomic E-state index is 0.0122. The number of carbonyl (C=O) groups excluding carboxylic acids is 2. The third-order valence-corrected chi connectivity index (χ3v) is 13.7. The Bertz CT molecular complexity index is 2230. The van der Waals surface area contributed by atoms with Crippen molar-refractivity contribution in [2.24, 2.45) is 23.7 Å². The minimum atomic E-state index is -0.938. The summed E-state index contributed by atoms with van der Waals surface area (Å²) >= 11 is 6.23. The van der Waals surface area contributed by atoms with E-state index in [-0.39, 0.29) is 36.5 Å². The molecule has 4 aromatic rings. The Morgan fingerprint density at radius 3 is 2.56 bits per heavy atom. The second kappa shape index (κ2) is 22.1. The lowest BCUT2D eigenvalue weighted by atomic mass is 9.58. The summed E-state index contributed by atoms with van der Waals surface area (Å²) in [6, 6.07) is 15.1. The summed E-state index contributed by atoms with van der Waals surface area (Å²) in [4.78, 5) is 45.9. The van der Waals surface area contributed by atoms with Crippen LogP contribution in [-0.2, 0) is 54.2 Å². The lowest BCUT2D eigenvalue weighted by Crippen LogP contribution is -2.70. The minimum Gasteiger partial charge on any atom is -0.491 e. The van der Waals surface area contributed by atoms with Gasteiger partial charge in [0.1, 0.15) is 12.4 Å². The maximum atomic E-state index is 14.0. The number of rotatable bonds is 23. The molecule has 1 saturated carbocycles. The number of nitrogens with one attached hydrogen (secondary N) is 1. The van der Waals surface area contributed by atoms with E-state index in [2.05, 4.69) is 27.5 Å². The van der Waals surface area contributed by atoms with Gasteiger partial charge in [-0.3, -0.25) is 14.6 Å². The molecule has 2 aromatic carbocycles. The van der Waals surface area contributed by atoms with Crippen molar-refractivity contribution in [2.75, 3.05) is 71.7 Å². The monoisotopic (exact) mass is 934 g/mol. The van der Waals surface area contributed by atoms with E-state index in [1.54, 1.807) is 22.9 Å². The smallest absolute Gasteiger partial charge is 0.308 e. The number of halogens is 1. The predicted octanol–water partition coefficient (Wildman–Crippen LogP) is 6.93. The Labute approximate surface area is 390 Å². The third-order valence-electron chi connectivity index (χ3n) is 13.4. The lowest BCUT2D eigenvalue weighted by Gasteiger charge is -2.59.